The molecule has 1 aromatic rings. The van der Waals surface area contributed by atoms with Crippen LogP contribution in [0.25, 0.3) is 0 Å². The van der Waals surface area contributed by atoms with Crippen LogP contribution in [0.5, 0.6) is 11.8 Å². The maximum absolute atomic E-state index is 6.04. The van der Waals surface area contributed by atoms with E-state index < -0.39 is 0 Å². The molecular weight excluding hydrogens is 254 g/mol. The van der Waals surface area contributed by atoms with Crippen LogP contribution in [0.1, 0.15) is 47.0 Å². The smallest absolute Gasteiger partial charge is 0.244 e. The van der Waals surface area contributed by atoms with Crippen molar-refractivity contribution in [3.05, 3.63) is 6.33 Å². The average molecular weight is 279 g/mol. The minimum atomic E-state index is 0.0237. The molecule has 0 radical (unpaired) electrons. The lowest BCUT2D eigenvalue weighted by atomic mass is 9.80. The first-order chi connectivity index (χ1) is 9.47. The highest BCUT2D eigenvalue weighted by Crippen LogP contribution is 2.34. The first-order valence-electron chi connectivity index (χ1n) is 7.41. The van der Waals surface area contributed by atoms with E-state index in [1.165, 1.54) is 12.7 Å². The summed E-state index contributed by atoms with van der Waals surface area (Å²) in [6, 6.07) is 0. The molecule has 0 bridgehead atoms. The van der Waals surface area contributed by atoms with Crippen molar-refractivity contribution in [3.8, 4) is 11.8 Å². The van der Waals surface area contributed by atoms with E-state index >= 15 is 0 Å². The lowest BCUT2D eigenvalue weighted by Gasteiger charge is -2.32. The molecule has 1 aliphatic carbocycles. The van der Waals surface area contributed by atoms with Crippen molar-refractivity contribution >= 4 is 5.69 Å². The summed E-state index contributed by atoms with van der Waals surface area (Å²) in [6.45, 7) is 8.45. The minimum absolute atomic E-state index is 0.0237. The number of nitrogens with zero attached hydrogens (tertiary/aromatic N) is 2. The number of hydrogen-bond donors (Lipinski definition) is 1. The summed E-state index contributed by atoms with van der Waals surface area (Å²) in [5.41, 5.74) is 6.43. The van der Waals surface area contributed by atoms with Gasteiger partial charge in [-0.05, 0) is 44.9 Å². The quantitative estimate of drug-likeness (QED) is 0.917. The fraction of sp³-hybridized carbons (Fsp3) is 0.733. The van der Waals surface area contributed by atoms with Gasteiger partial charge >= 0.3 is 0 Å². The number of hydrogen-bond acceptors (Lipinski definition) is 5. The maximum Gasteiger partial charge on any atom is 0.244 e. The standard InChI is InChI=1S/C15H25N3O2/c1-9(2)19-14-13(16)15(18-8-17-14)20-12-6-5-10(3)11(4)7-12/h8-12H,5-7,16H2,1-4H3. The van der Waals surface area contributed by atoms with Crippen LogP contribution in [-0.4, -0.2) is 22.2 Å². The van der Waals surface area contributed by atoms with Crippen LogP contribution < -0.4 is 15.2 Å². The molecule has 0 aromatic carbocycles. The Bertz CT molecular complexity index is 451. The van der Waals surface area contributed by atoms with Crippen LogP contribution in [0.4, 0.5) is 5.69 Å². The fourth-order valence-corrected chi connectivity index (χ4v) is 2.54. The third-order valence-electron chi connectivity index (χ3n) is 3.99. The lowest BCUT2D eigenvalue weighted by molar-refractivity contribution is 0.0965. The molecule has 20 heavy (non-hydrogen) atoms. The van der Waals surface area contributed by atoms with Crippen LogP contribution in [0.2, 0.25) is 0 Å². The van der Waals surface area contributed by atoms with Gasteiger partial charge in [-0.3, -0.25) is 0 Å². The van der Waals surface area contributed by atoms with Gasteiger partial charge in [-0.15, -0.1) is 0 Å². The molecule has 1 saturated carbocycles. The molecule has 5 nitrogen and oxygen atoms in total. The number of rotatable bonds is 4. The van der Waals surface area contributed by atoms with E-state index in [2.05, 4.69) is 23.8 Å². The maximum atomic E-state index is 6.04. The molecule has 0 amide bonds. The van der Waals surface area contributed by atoms with E-state index in [0.29, 0.717) is 23.4 Å². The summed E-state index contributed by atoms with van der Waals surface area (Å²) in [5.74, 6) is 2.28. The van der Waals surface area contributed by atoms with Crippen molar-refractivity contribution < 1.29 is 9.47 Å². The summed E-state index contributed by atoms with van der Waals surface area (Å²) in [7, 11) is 0. The minimum Gasteiger partial charge on any atom is -0.473 e. The predicted molar refractivity (Wildman–Crippen MR) is 78.8 cm³/mol. The number of anilines is 1. The molecular formula is C15H25N3O2. The number of ether oxygens (including phenoxy) is 2. The van der Waals surface area contributed by atoms with Crippen molar-refractivity contribution in [1.82, 2.24) is 9.97 Å². The second-order valence-electron chi connectivity index (χ2n) is 6.07. The molecule has 2 rings (SSSR count). The summed E-state index contributed by atoms with van der Waals surface area (Å²) < 4.78 is 11.5. The molecule has 0 aliphatic heterocycles. The molecule has 1 heterocycles. The molecule has 0 saturated heterocycles. The zero-order valence-corrected chi connectivity index (χ0v) is 12.8. The fourth-order valence-electron chi connectivity index (χ4n) is 2.54. The first kappa shape index (κ1) is 14.9. The van der Waals surface area contributed by atoms with E-state index in [0.717, 1.165) is 18.8 Å². The van der Waals surface area contributed by atoms with E-state index in [1.807, 2.05) is 13.8 Å². The highest BCUT2D eigenvalue weighted by Gasteiger charge is 2.27. The van der Waals surface area contributed by atoms with E-state index in [-0.39, 0.29) is 12.2 Å². The second-order valence-corrected chi connectivity index (χ2v) is 6.07. The van der Waals surface area contributed by atoms with Gasteiger partial charge in [-0.2, -0.15) is 9.97 Å². The van der Waals surface area contributed by atoms with Gasteiger partial charge in [0.15, 0.2) is 5.69 Å². The first-order valence-corrected chi connectivity index (χ1v) is 7.41. The Balaban J connectivity index is 2.06. The van der Waals surface area contributed by atoms with Crippen molar-refractivity contribution in [2.24, 2.45) is 11.8 Å². The molecule has 3 atom stereocenters. The summed E-state index contributed by atoms with van der Waals surface area (Å²) in [6.07, 6.45) is 4.94. The molecule has 1 aliphatic rings. The molecule has 0 spiro atoms. The second kappa shape index (κ2) is 6.29. The monoisotopic (exact) mass is 279 g/mol. The molecule has 112 valence electrons. The highest BCUT2D eigenvalue weighted by atomic mass is 16.5. The summed E-state index contributed by atoms with van der Waals surface area (Å²) in [5, 5.41) is 0. The summed E-state index contributed by atoms with van der Waals surface area (Å²) in [4.78, 5) is 8.21. The molecule has 3 unspecified atom stereocenters. The van der Waals surface area contributed by atoms with Crippen LogP contribution in [0.3, 0.4) is 0 Å². The third-order valence-corrected chi connectivity index (χ3v) is 3.99. The lowest BCUT2D eigenvalue weighted by Crippen LogP contribution is -2.29. The Morgan fingerprint density at radius 3 is 2.50 bits per heavy atom. The predicted octanol–water partition coefficient (Wildman–Crippen LogP) is 3.05. The normalized spacial score (nSPS) is 26.6. The molecule has 5 heteroatoms. The number of aromatic nitrogens is 2. The Morgan fingerprint density at radius 2 is 1.85 bits per heavy atom. The Kier molecular flexibility index (Phi) is 4.68. The van der Waals surface area contributed by atoms with Gasteiger partial charge in [-0.1, -0.05) is 13.8 Å². The van der Waals surface area contributed by atoms with Gasteiger partial charge in [-0.25, -0.2) is 0 Å². The van der Waals surface area contributed by atoms with Gasteiger partial charge in [0, 0.05) is 0 Å². The van der Waals surface area contributed by atoms with Crippen molar-refractivity contribution in [1.29, 1.82) is 0 Å². The zero-order chi connectivity index (χ0) is 14.7. The summed E-state index contributed by atoms with van der Waals surface area (Å²) >= 11 is 0. The topological polar surface area (TPSA) is 70.3 Å². The van der Waals surface area contributed by atoms with E-state index in [4.69, 9.17) is 15.2 Å². The Hall–Kier alpha value is -1.52. The van der Waals surface area contributed by atoms with Gasteiger partial charge in [0.05, 0.1) is 6.10 Å². The highest BCUT2D eigenvalue weighted by molar-refractivity contribution is 5.55. The van der Waals surface area contributed by atoms with Crippen LogP contribution in [-0.2, 0) is 0 Å². The van der Waals surface area contributed by atoms with Crippen LogP contribution >= 0.6 is 0 Å². The van der Waals surface area contributed by atoms with Crippen LogP contribution in [0, 0.1) is 11.8 Å². The van der Waals surface area contributed by atoms with E-state index in [1.54, 1.807) is 0 Å². The Labute approximate surface area is 120 Å². The Morgan fingerprint density at radius 1 is 1.15 bits per heavy atom. The number of nitrogen functional groups attached to an aromatic ring is 1. The zero-order valence-electron chi connectivity index (χ0n) is 12.8. The van der Waals surface area contributed by atoms with Crippen molar-refractivity contribution in [2.45, 2.75) is 59.2 Å². The third kappa shape index (κ3) is 3.52. The van der Waals surface area contributed by atoms with E-state index in [9.17, 15) is 0 Å². The average Bonchev–Trinajstić information content (AvgIpc) is 2.38. The van der Waals surface area contributed by atoms with Crippen molar-refractivity contribution in [2.75, 3.05) is 5.73 Å². The largest absolute Gasteiger partial charge is 0.473 e. The van der Waals surface area contributed by atoms with Crippen LogP contribution in [0.15, 0.2) is 6.33 Å². The van der Waals surface area contributed by atoms with Gasteiger partial charge in [0.2, 0.25) is 11.8 Å². The molecule has 2 N–H and O–H groups in total. The van der Waals surface area contributed by atoms with Gasteiger partial charge in [0.1, 0.15) is 12.4 Å². The molecule has 1 fully saturated rings. The molecule has 1 aromatic heterocycles. The SMILES string of the molecule is CC(C)Oc1ncnc(OC2CCC(C)C(C)C2)c1N. The van der Waals surface area contributed by atoms with Crippen molar-refractivity contribution in [3.63, 3.8) is 0 Å². The van der Waals surface area contributed by atoms with Gasteiger partial charge in [0.25, 0.3) is 0 Å². The van der Waals surface area contributed by atoms with Gasteiger partial charge < -0.3 is 15.2 Å². The number of nitrogens with two attached hydrogens (primary N) is 1.